The van der Waals surface area contributed by atoms with Gasteiger partial charge >= 0.3 is 0 Å². The lowest BCUT2D eigenvalue weighted by atomic mass is 9.48. The summed E-state index contributed by atoms with van der Waals surface area (Å²) in [4.78, 5) is 0. The highest BCUT2D eigenvalue weighted by atomic mass is 14.6. The van der Waals surface area contributed by atoms with Crippen LogP contribution in [0, 0.1) is 52.3 Å². The predicted molar refractivity (Wildman–Crippen MR) is 194 cm³/mol. The minimum absolute atomic E-state index is 0.159. The first-order valence-electron chi connectivity index (χ1n) is 20.2. The maximum atomic E-state index is 2.81. The molecule has 0 aromatic heterocycles. The molecule has 2 atom stereocenters. The summed E-state index contributed by atoms with van der Waals surface area (Å²) in [7, 11) is 0. The number of hydrogen-bond acceptors (Lipinski definition) is 0. The molecule has 2 aromatic rings. The van der Waals surface area contributed by atoms with Crippen LogP contribution in [-0.2, 0) is 10.8 Å². The molecule has 0 aliphatic heterocycles. The summed E-state index contributed by atoms with van der Waals surface area (Å²) in [5.74, 6) is 7.10. The average molecular weight is 623 g/mol. The van der Waals surface area contributed by atoms with Crippen LogP contribution in [0.15, 0.2) is 59.2 Å². The fourth-order valence-electron chi connectivity index (χ4n) is 15.7. The maximum Gasteiger partial charge on any atom is 0.0196 e. The molecule has 246 valence electrons. The van der Waals surface area contributed by atoms with Crippen molar-refractivity contribution in [2.45, 2.75) is 141 Å². The van der Waals surface area contributed by atoms with Crippen LogP contribution in [0.4, 0.5) is 0 Å². The summed E-state index contributed by atoms with van der Waals surface area (Å²) < 4.78 is 0. The van der Waals surface area contributed by atoms with Gasteiger partial charge in [0.05, 0.1) is 0 Å². The van der Waals surface area contributed by atoms with Gasteiger partial charge in [0, 0.05) is 11.3 Å². The molecule has 0 heterocycles. The Kier molecular flexibility index (Phi) is 5.61. The van der Waals surface area contributed by atoms with Gasteiger partial charge < -0.3 is 0 Å². The van der Waals surface area contributed by atoms with Gasteiger partial charge in [-0.25, -0.2) is 0 Å². The van der Waals surface area contributed by atoms with E-state index in [4.69, 9.17) is 0 Å². The first kappa shape index (κ1) is 28.7. The molecule has 47 heavy (non-hydrogen) atoms. The molecule has 2 unspecified atom stereocenters. The molecule has 2 aromatic carbocycles. The van der Waals surface area contributed by atoms with Gasteiger partial charge in [0.15, 0.2) is 0 Å². The maximum absolute atomic E-state index is 2.81. The molecule has 0 amide bonds. The van der Waals surface area contributed by atoms with E-state index in [9.17, 15) is 0 Å². The zero-order chi connectivity index (χ0) is 31.7. The van der Waals surface area contributed by atoms with Gasteiger partial charge in [-0.1, -0.05) is 88.2 Å². The first-order valence-corrected chi connectivity index (χ1v) is 20.2. The Labute approximate surface area is 285 Å². The van der Waals surface area contributed by atoms with Crippen molar-refractivity contribution in [3.63, 3.8) is 0 Å². The lowest BCUT2D eigenvalue weighted by Crippen LogP contribution is -2.48. The van der Waals surface area contributed by atoms with E-state index in [0.717, 1.165) is 35.5 Å². The van der Waals surface area contributed by atoms with Crippen LogP contribution >= 0.6 is 0 Å². The minimum Gasteiger partial charge on any atom is -0.0605 e. The van der Waals surface area contributed by atoms with E-state index < -0.39 is 0 Å². The van der Waals surface area contributed by atoms with Gasteiger partial charge in [0.2, 0.25) is 0 Å². The van der Waals surface area contributed by atoms with Crippen molar-refractivity contribution >= 4 is 0 Å². The van der Waals surface area contributed by atoms with Gasteiger partial charge in [-0.15, -0.1) is 0 Å². The Morgan fingerprint density at radius 1 is 0.596 bits per heavy atom. The molecule has 11 aliphatic carbocycles. The van der Waals surface area contributed by atoms with E-state index in [0.29, 0.717) is 22.7 Å². The molecule has 8 fully saturated rings. The van der Waals surface area contributed by atoms with Gasteiger partial charge in [0.25, 0.3) is 0 Å². The Balaban J connectivity index is 1.07. The van der Waals surface area contributed by atoms with E-state index in [2.05, 4.69) is 77.1 Å². The SMILES string of the molecule is CC1CC(C)(C2c3ccc(C45CC6CC(CC(C6)C4)C5)cc3-c3cc(C45CC6CC(CC(C6)C4)C5)ccc32)C2=C1CC(C(C)(C)C)=C2. The zero-order valence-electron chi connectivity index (χ0n) is 30.1. The second kappa shape index (κ2) is 9.17. The van der Waals surface area contributed by atoms with Crippen molar-refractivity contribution in [1.29, 1.82) is 0 Å². The second-order valence-electron chi connectivity index (χ2n) is 21.0. The van der Waals surface area contributed by atoms with Crippen LogP contribution in [-0.4, -0.2) is 0 Å². The standard InChI is InChI=1S/C47H58/c1-27-20-45(5,42-19-36(18-39(27)42)44(2,3)4)43-37-8-6-34(46-21-28-10-29(22-46)12-30(11-28)23-46)16-40(37)41-17-35(7-9-38(41)43)47-24-31-13-32(25-47)15-33(14-31)26-47/h6-9,16-17,19,27-33,43H,10-15,18,20-26H2,1-5H3. The third-order valence-corrected chi connectivity index (χ3v) is 16.9. The van der Waals surface area contributed by atoms with Gasteiger partial charge in [-0.3, -0.25) is 0 Å². The molecule has 0 saturated heterocycles. The topological polar surface area (TPSA) is 0 Å². The largest absolute Gasteiger partial charge is 0.0605 e. The summed E-state index contributed by atoms with van der Waals surface area (Å²) in [6, 6.07) is 16.4. The van der Waals surface area contributed by atoms with Crippen molar-refractivity contribution in [2.24, 2.45) is 52.3 Å². The third kappa shape index (κ3) is 3.89. The number of rotatable bonds is 3. The smallest absolute Gasteiger partial charge is 0.0196 e. The molecular weight excluding hydrogens is 565 g/mol. The van der Waals surface area contributed by atoms with Crippen LogP contribution in [0.25, 0.3) is 11.1 Å². The lowest BCUT2D eigenvalue weighted by Gasteiger charge is -2.57. The van der Waals surface area contributed by atoms with E-state index in [-0.39, 0.29) is 10.8 Å². The molecular formula is C47H58. The van der Waals surface area contributed by atoms with Crippen LogP contribution in [0.2, 0.25) is 0 Å². The van der Waals surface area contributed by atoms with E-state index in [1.807, 2.05) is 0 Å². The Morgan fingerprint density at radius 3 is 1.43 bits per heavy atom. The number of benzene rings is 2. The second-order valence-corrected chi connectivity index (χ2v) is 21.0. The fourth-order valence-corrected chi connectivity index (χ4v) is 15.7. The molecule has 0 nitrogen and oxygen atoms in total. The zero-order valence-corrected chi connectivity index (χ0v) is 30.1. The number of hydrogen-bond donors (Lipinski definition) is 0. The normalized spacial score (nSPS) is 45.1. The quantitative estimate of drug-likeness (QED) is 0.319. The first-order chi connectivity index (χ1) is 22.5. The van der Waals surface area contributed by atoms with Crippen LogP contribution < -0.4 is 0 Å². The van der Waals surface area contributed by atoms with Gasteiger partial charge in [-0.2, -0.15) is 0 Å². The summed E-state index contributed by atoms with van der Waals surface area (Å²) in [6.45, 7) is 12.5. The van der Waals surface area contributed by atoms with Gasteiger partial charge in [0.1, 0.15) is 0 Å². The minimum atomic E-state index is 0.159. The molecule has 11 aliphatic rings. The number of allylic oxidation sites excluding steroid dienone is 4. The average Bonchev–Trinajstić information content (AvgIpc) is 3.67. The highest BCUT2D eigenvalue weighted by Crippen LogP contribution is 2.67. The molecule has 0 radical (unpaired) electrons. The van der Waals surface area contributed by atoms with E-state index in [1.165, 1.54) is 89.9 Å². The van der Waals surface area contributed by atoms with Crippen molar-refractivity contribution in [3.8, 4) is 11.1 Å². The van der Waals surface area contributed by atoms with Crippen molar-refractivity contribution < 1.29 is 0 Å². The Morgan fingerprint density at radius 2 is 1.02 bits per heavy atom. The molecule has 0 N–H and O–H groups in total. The van der Waals surface area contributed by atoms with Crippen LogP contribution in [0.3, 0.4) is 0 Å². The highest BCUT2D eigenvalue weighted by Gasteiger charge is 2.55. The van der Waals surface area contributed by atoms with Crippen molar-refractivity contribution in [1.82, 2.24) is 0 Å². The highest BCUT2D eigenvalue weighted by molar-refractivity contribution is 5.82. The summed E-state index contributed by atoms with van der Waals surface area (Å²) in [5.41, 5.74) is 16.5. The lowest BCUT2D eigenvalue weighted by molar-refractivity contribution is -0.00534. The fraction of sp³-hybridized carbons (Fsp3) is 0.660. The van der Waals surface area contributed by atoms with E-state index in [1.54, 1.807) is 50.1 Å². The monoisotopic (exact) mass is 622 g/mol. The summed E-state index contributed by atoms with van der Waals surface area (Å²) in [6.07, 6.45) is 23.2. The molecule has 8 saturated carbocycles. The van der Waals surface area contributed by atoms with E-state index >= 15 is 0 Å². The molecule has 8 bridgehead atoms. The van der Waals surface area contributed by atoms with Crippen molar-refractivity contribution in [3.05, 3.63) is 81.4 Å². The third-order valence-electron chi connectivity index (χ3n) is 16.9. The molecule has 0 heteroatoms. The Bertz CT molecular complexity index is 1600. The predicted octanol–water partition coefficient (Wildman–Crippen LogP) is 12.5. The van der Waals surface area contributed by atoms with Crippen LogP contribution in [0.5, 0.6) is 0 Å². The van der Waals surface area contributed by atoms with Gasteiger partial charge in [-0.05, 0) is 187 Å². The summed E-state index contributed by atoms with van der Waals surface area (Å²) >= 11 is 0. The van der Waals surface area contributed by atoms with Crippen molar-refractivity contribution in [2.75, 3.05) is 0 Å². The summed E-state index contributed by atoms with van der Waals surface area (Å²) in [5, 5.41) is 0. The molecule has 13 rings (SSSR count). The Hall–Kier alpha value is -2.08. The molecule has 0 spiro atoms. The van der Waals surface area contributed by atoms with Crippen LogP contribution in [0.1, 0.15) is 153 Å². The number of fused-ring (bicyclic) bond motifs is 3.